The van der Waals surface area contributed by atoms with Crippen LogP contribution in [-0.2, 0) is 0 Å². The number of hydrogen-bond acceptors (Lipinski definition) is 3. The van der Waals surface area contributed by atoms with Crippen LogP contribution in [0.1, 0.15) is 31.2 Å². The van der Waals surface area contributed by atoms with Crippen LogP contribution in [0.2, 0.25) is 10.0 Å². The highest BCUT2D eigenvalue weighted by molar-refractivity contribution is 6.37. The Balaban J connectivity index is 2.05. The number of halogens is 2. The normalized spacial score (nSPS) is 24.6. The molecule has 1 aliphatic rings. The highest BCUT2D eigenvalue weighted by Gasteiger charge is 2.17. The molecule has 1 saturated carbocycles. The van der Waals surface area contributed by atoms with Crippen molar-refractivity contribution < 1.29 is 10.2 Å². The summed E-state index contributed by atoms with van der Waals surface area (Å²) in [6.07, 6.45) is 4.96. The Kier molecular flexibility index (Phi) is 4.49. The van der Waals surface area contributed by atoms with Crippen LogP contribution < -0.4 is 0 Å². The Morgan fingerprint density at radius 2 is 1.67 bits per heavy atom. The van der Waals surface area contributed by atoms with Crippen LogP contribution in [0, 0.1) is 0 Å². The zero-order valence-corrected chi connectivity index (χ0v) is 11.3. The molecule has 2 N–H and O–H groups in total. The number of aromatic hydroxyl groups is 1. The molecule has 0 spiro atoms. The van der Waals surface area contributed by atoms with Crippen molar-refractivity contribution >= 4 is 29.4 Å². The van der Waals surface area contributed by atoms with Gasteiger partial charge in [0, 0.05) is 6.21 Å². The summed E-state index contributed by atoms with van der Waals surface area (Å²) in [5.74, 6) is -0.101. The molecule has 1 aromatic rings. The van der Waals surface area contributed by atoms with Crippen LogP contribution in [0.25, 0.3) is 0 Å². The fourth-order valence-corrected chi connectivity index (χ4v) is 2.56. The van der Waals surface area contributed by atoms with E-state index in [1.807, 2.05) is 0 Å². The Morgan fingerprint density at radius 1 is 1.11 bits per heavy atom. The molecule has 0 heterocycles. The zero-order chi connectivity index (χ0) is 13.1. The van der Waals surface area contributed by atoms with Crippen molar-refractivity contribution in [3.63, 3.8) is 0 Å². The van der Waals surface area contributed by atoms with Gasteiger partial charge in [-0.2, -0.15) is 0 Å². The molecule has 2 rings (SSSR count). The Bertz CT molecular complexity index is 431. The molecule has 0 amide bonds. The van der Waals surface area contributed by atoms with E-state index in [4.69, 9.17) is 23.2 Å². The highest BCUT2D eigenvalue weighted by Crippen LogP contribution is 2.32. The quantitative estimate of drug-likeness (QED) is 0.819. The van der Waals surface area contributed by atoms with Gasteiger partial charge in [-0.25, -0.2) is 0 Å². The van der Waals surface area contributed by atoms with E-state index < -0.39 is 0 Å². The van der Waals surface area contributed by atoms with E-state index in [-0.39, 0.29) is 27.9 Å². The molecule has 18 heavy (non-hydrogen) atoms. The number of hydrogen-bond donors (Lipinski definition) is 2. The number of aliphatic hydroxyl groups excluding tert-OH is 1. The van der Waals surface area contributed by atoms with Crippen molar-refractivity contribution in [3.05, 3.63) is 27.7 Å². The number of phenols is 1. The lowest BCUT2D eigenvalue weighted by Gasteiger charge is -2.22. The van der Waals surface area contributed by atoms with E-state index in [1.165, 1.54) is 0 Å². The third-order valence-electron chi connectivity index (χ3n) is 3.14. The first-order valence-electron chi connectivity index (χ1n) is 5.95. The molecule has 3 nitrogen and oxygen atoms in total. The molecular formula is C13H15Cl2NO2. The average molecular weight is 288 g/mol. The van der Waals surface area contributed by atoms with Gasteiger partial charge in [-0.3, -0.25) is 4.99 Å². The van der Waals surface area contributed by atoms with Crippen LogP contribution in [-0.4, -0.2) is 28.6 Å². The van der Waals surface area contributed by atoms with Crippen molar-refractivity contribution in [2.24, 2.45) is 4.99 Å². The third-order valence-corrected chi connectivity index (χ3v) is 3.72. The Hall–Kier alpha value is -0.770. The minimum absolute atomic E-state index is 0.101. The topological polar surface area (TPSA) is 52.8 Å². The van der Waals surface area contributed by atoms with E-state index in [0.29, 0.717) is 0 Å². The smallest absolute Gasteiger partial charge is 0.152 e. The van der Waals surface area contributed by atoms with Crippen LogP contribution in [0.5, 0.6) is 5.75 Å². The second kappa shape index (κ2) is 5.91. The maximum absolute atomic E-state index is 9.44. The van der Waals surface area contributed by atoms with Crippen molar-refractivity contribution in [2.75, 3.05) is 0 Å². The third kappa shape index (κ3) is 3.37. The van der Waals surface area contributed by atoms with Crippen LogP contribution in [0.15, 0.2) is 17.1 Å². The van der Waals surface area contributed by atoms with Crippen molar-refractivity contribution in [1.82, 2.24) is 0 Å². The first kappa shape index (κ1) is 13.7. The number of benzene rings is 1. The predicted octanol–water partition coefficient (Wildman–Crippen LogP) is 3.42. The minimum atomic E-state index is -0.172. The van der Waals surface area contributed by atoms with Gasteiger partial charge in [0.25, 0.3) is 0 Å². The van der Waals surface area contributed by atoms with Gasteiger partial charge in [-0.1, -0.05) is 23.2 Å². The summed E-state index contributed by atoms with van der Waals surface area (Å²) in [7, 11) is 0. The zero-order valence-electron chi connectivity index (χ0n) is 9.81. The molecule has 0 unspecified atom stereocenters. The highest BCUT2D eigenvalue weighted by atomic mass is 35.5. The minimum Gasteiger partial charge on any atom is -0.505 e. The fraction of sp³-hybridized carbons (Fsp3) is 0.462. The Labute approximate surface area is 116 Å². The molecule has 98 valence electrons. The standard InChI is InChI=1S/C13H15Cl2NO2/c14-11-5-8(6-12(15)13(11)18)7-16-9-1-3-10(17)4-2-9/h5-7,9-10,17-18H,1-4H2/t9-,10-. The predicted molar refractivity (Wildman–Crippen MR) is 74.0 cm³/mol. The van der Waals surface area contributed by atoms with E-state index in [1.54, 1.807) is 18.3 Å². The maximum Gasteiger partial charge on any atom is 0.152 e. The first-order valence-corrected chi connectivity index (χ1v) is 6.71. The second-order valence-electron chi connectivity index (χ2n) is 4.57. The van der Waals surface area contributed by atoms with Gasteiger partial charge in [-0.15, -0.1) is 0 Å². The average Bonchev–Trinajstić information content (AvgIpc) is 2.35. The van der Waals surface area contributed by atoms with E-state index in [0.717, 1.165) is 31.2 Å². The van der Waals surface area contributed by atoms with Crippen LogP contribution in [0.3, 0.4) is 0 Å². The van der Waals surface area contributed by atoms with Gasteiger partial charge in [0.1, 0.15) is 0 Å². The van der Waals surface area contributed by atoms with Gasteiger partial charge in [0.05, 0.1) is 22.2 Å². The monoisotopic (exact) mass is 287 g/mol. The van der Waals surface area contributed by atoms with E-state index in [9.17, 15) is 10.2 Å². The van der Waals surface area contributed by atoms with E-state index in [2.05, 4.69) is 4.99 Å². The summed E-state index contributed by atoms with van der Waals surface area (Å²) in [5, 5.41) is 19.3. The molecule has 0 bridgehead atoms. The number of rotatable bonds is 2. The fourth-order valence-electron chi connectivity index (χ4n) is 2.06. The number of aliphatic imine (C=N–C) groups is 1. The largest absolute Gasteiger partial charge is 0.505 e. The van der Waals surface area contributed by atoms with Crippen LogP contribution in [0.4, 0.5) is 0 Å². The summed E-state index contributed by atoms with van der Waals surface area (Å²) < 4.78 is 0. The molecule has 1 aromatic carbocycles. The molecule has 0 saturated heterocycles. The van der Waals surface area contributed by atoms with Crippen molar-refractivity contribution in [1.29, 1.82) is 0 Å². The first-order chi connectivity index (χ1) is 8.56. The summed E-state index contributed by atoms with van der Waals surface area (Å²) in [6.45, 7) is 0. The number of aliphatic hydroxyl groups is 1. The molecular weight excluding hydrogens is 273 g/mol. The molecule has 1 fully saturated rings. The molecule has 0 aliphatic heterocycles. The van der Waals surface area contributed by atoms with Gasteiger partial charge >= 0.3 is 0 Å². The van der Waals surface area contributed by atoms with Crippen molar-refractivity contribution in [2.45, 2.75) is 37.8 Å². The molecule has 0 aromatic heterocycles. The lowest BCUT2D eigenvalue weighted by atomic mass is 9.93. The molecule has 0 radical (unpaired) electrons. The summed E-state index contributed by atoms with van der Waals surface area (Å²) in [5.41, 5.74) is 0.772. The van der Waals surface area contributed by atoms with Gasteiger partial charge in [-0.05, 0) is 43.4 Å². The SMILES string of the molecule is Oc1c(Cl)cc(C=N[C@H]2CC[C@H](O)CC2)cc1Cl. The Morgan fingerprint density at radius 3 is 2.22 bits per heavy atom. The van der Waals surface area contributed by atoms with Crippen LogP contribution >= 0.6 is 23.2 Å². The summed E-state index contributed by atoms with van der Waals surface area (Å²) in [4.78, 5) is 4.46. The number of nitrogens with zero attached hydrogens (tertiary/aromatic N) is 1. The lowest BCUT2D eigenvalue weighted by Crippen LogP contribution is -2.20. The molecule has 5 heteroatoms. The number of phenolic OH excluding ortho intramolecular Hbond substituents is 1. The second-order valence-corrected chi connectivity index (χ2v) is 5.39. The van der Waals surface area contributed by atoms with Gasteiger partial charge in [0.15, 0.2) is 5.75 Å². The summed E-state index contributed by atoms with van der Waals surface area (Å²) in [6, 6.07) is 3.51. The maximum atomic E-state index is 9.44. The molecule has 1 aliphatic carbocycles. The van der Waals surface area contributed by atoms with E-state index >= 15 is 0 Å². The lowest BCUT2D eigenvalue weighted by molar-refractivity contribution is 0.123. The van der Waals surface area contributed by atoms with Crippen molar-refractivity contribution in [3.8, 4) is 5.75 Å². The van der Waals surface area contributed by atoms with Gasteiger partial charge < -0.3 is 10.2 Å². The molecule has 0 atom stereocenters. The summed E-state index contributed by atoms with van der Waals surface area (Å²) >= 11 is 11.7. The van der Waals surface area contributed by atoms with Gasteiger partial charge in [0.2, 0.25) is 0 Å².